The van der Waals surface area contributed by atoms with Crippen molar-refractivity contribution in [3.8, 4) is 0 Å². The predicted octanol–water partition coefficient (Wildman–Crippen LogP) is 1.40. The van der Waals surface area contributed by atoms with Crippen LogP contribution >= 0.6 is 0 Å². The van der Waals surface area contributed by atoms with E-state index in [1.807, 2.05) is 0 Å². The summed E-state index contributed by atoms with van der Waals surface area (Å²) in [5.74, 6) is 0. The van der Waals surface area contributed by atoms with Gasteiger partial charge in [-0.25, -0.2) is 0 Å². The molecule has 0 bridgehead atoms. The Morgan fingerprint density at radius 2 is 1.75 bits per heavy atom. The van der Waals surface area contributed by atoms with E-state index >= 15 is 0 Å². The van der Waals surface area contributed by atoms with E-state index < -0.39 is 0 Å². The molecule has 1 unspecified atom stereocenters. The second-order valence-corrected chi connectivity index (χ2v) is 4.99. The SMILES string of the molecule is CCCNCC(CCC)N1CCN(C)CC1. The van der Waals surface area contributed by atoms with Gasteiger partial charge in [-0.3, -0.25) is 4.90 Å². The summed E-state index contributed by atoms with van der Waals surface area (Å²) in [6, 6.07) is 0.755. The second-order valence-electron chi connectivity index (χ2n) is 4.99. The highest BCUT2D eigenvalue weighted by Crippen LogP contribution is 2.09. The number of rotatable bonds is 7. The average Bonchev–Trinajstić information content (AvgIpc) is 2.29. The predicted molar refractivity (Wildman–Crippen MR) is 70.9 cm³/mol. The fraction of sp³-hybridized carbons (Fsp3) is 1.00. The lowest BCUT2D eigenvalue weighted by Gasteiger charge is -2.38. The molecule has 0 radical (unpaired) electrons. The van der Waals surface area contributed by atoms with Crippen molar-refractivity contribution in [2.45, 2.75) is 39.2 Å². The fourth-order valence-corrected chi connectivity index (χ4v) is 2.38. The number of likely N-dealkylation sites (N-methyl/N-ethyl adjacent to an activating group) is 1. The summed E-state index contributed by atoms with van der Waals surface area (Å²) in [5.41, 5.74) is 0. The lowest BCUT2D eigenvalue weighted by molar-refractivity contribution is 0.105. The molecule has 1 aliphatic rings. The van der Waals surface area contributed by atoms with Crippen molar-refractivity contribution in [2.24, 2.45) is 0 Å². The molecule has 0 saturated carbocycles. The van der Waals surface area contributed by atoms with E-state index in [-0.39, 0.29) is 0 Å². The summed E-state index contributed by atoms with van der Waals surface area (Å²) in [6.45, 7) is 11.8. The molecule has 0 aromatic heterocycles. The van der Waals surface area contributed by atoms with Crippen LogP contribution in [0.1, 0.15) is 33.1 Å². The summed E-state index contributed by atoms with van der Waals surface area (Å²) in [4.78, 5) is 5.10. The first-order chi connectivity index (χ1) is 7.77. The molecular weight excluding hydrogens is 198 g/mol. The highest BCUT2D eigenvalue weighted by molar-refractivity contribution is 4.78. The molecule has 0 amide bonds. The van der Waals surface area contributed by atoms with Gasteiger partial charge in [0.1, 0.15) is 0 Å². The number of hydrogen-bond acceptors (Lipinski definition) is 3. The van der Waals surface area contributed by atoms with Crippen LogP contribution in [0.3, 0.4) is 0 Å². The van der Waals surface area contributed by atoms with E-state index in [4.69, 9.17) is 0 Å². The summed E-state index contributed by atoms with van der Waals surface area (Å²) in [5, 5.41) is 3.57. The maximum Gasteiger partial charge on any atom is 0.0221 e. The topological polar surface area (TPSA) is 18.5 Å². The molecule has 3 nitrogen and oxygen atoms in total. The molecule has 0 aromatic rings. The van der Waals surface area contributed by atoms with Gasteiger partial charge in [0.15, 0.2) is 0 Å². The van der Waals surface area contributed by atoms with Crippen LogP contribution in [-0.4, -0.2) is 62.2 Å². The molecule has 3 heteroatoms. The van der Waals surface area contributed by atoms with E-state index in [1.165, 1.54) is 52.0 Å². The van der Waals surface area contributed by atoms with Crippen LogP contribution in [-0.2, 0) is 0 Å². The molecule has 16 heavy (non-hydrogen) atoms. The van der Waals surface area contributed by atoms with Crippen molar-refractivity contribution in [3.63, 3.8) is 0 Å². The molecule has 0 aromatic carbocycles. The second kappa shape index (κ2) is 8.04. The molecule has 1 atom stereocenters. The Bertz CT molecular complexity index is 165. The smallest absolute Gasteiger partial charge is 0.0221 e. The summed E-state index contributed by atoms with van der Waals surface area (Å²) < 4.78 is 0. The van der Waals surface area contributed by atoms with Crippen molar-refractivity contribution < 1.29 is 0 Å². The van der Waals surface area contributed by atoms with E-state index in [2.05, 4.69) is 36.0 Å². The van der Waals surface area contributed by atoms with Gasteiger partial charge in [0.05, 0.1) is 0 Å². The molecular formula is C13H29N3. The van der Waals surface area contributed by atoms with Crippen molar-refractivity contribution in [1.82, 2.24) is 15.1 Å². The molecule has 0 aliphatic carbocycles. The maximum absolute atomic E-state index is 3.57. The molecule has 1 rings (SSSR count). The minimum atomic E-state index is 0.755. The number of hydrogen-bond donors (Lipinski definition) is 1. The Morgan fingerprint density at radius 1 is 1.06 bits per heavy atom. The molecule has 0 spiro atoms. The van der Waals surface area contributed by atoms with Gasteiger partial charge in [0, 0.05) is 38.8 Å². The first-order valence-electron chi connectivity index (χ1n) is 6.91. The third-order valence-electron chi connectivity index (χ3n) is 3.48. The van der Waals surface area contributed by atoms with E-state index in [1.54, 1.807) is 0 Å². The van der Waals surface area contributed by atoms with Crippen LogP contribution in [0, 0.1) is 0 Å². The standard InChI is InChI=1S/C13H29N3/c1-4-6-13(12-14-7-5-2)16-10-8-15(3)9-11-16/h13-14H,4-12H2,1-3H3. The Morgan fingerprint density at radius 3 is 2.31 bits per heavy atom. The van der Waals surface area contributed by atoms with Crippen LogP contribution < -0.4 is 5.32 Å². The number of piperazine rings is 1. The molecule has 1 heterocycles. The van der Waals surface area contributed by atoms with E-state index in [0.29, 0.717) is 0 Å². The van der Waals surface area contributed by atoms with Gasteiger partial charge in [0.25, 0.3) is 0 Å². The lowest BCUT2D eigenvalue weighted by atomic mass is 10.1. The first-order valence-corrected chi connectivity index (χ1v) is 6.91. The number of nitrogens with zero attached hydrogens (tertiary/aromatic N) is 2. The van der Waals surface area contributed by atoms with Crippen LogP contribution in [0.25, 0.3) is 0 Å². The molecule has 1 fully saturated rings. The third-order valence-corrected chi connectivity index (χ3v) is 3.48. The minimum absolute atomic E-state index is 0.755. The van der Waals surface area contributed by atoms with Crippen LogP contribution in [0.2, 0.25) is 0 Å². The molecule has 1 saturated heterocycles. The average molecular weight is 227 g/mol. The van der Waals surface area contributed by atoms with Gasteiger partial charge in [-0.2, -0.15) is 0 Å². The zero-order valence-electron chi connectivity index (χ0n) is 11.3. The summed E-state index contributed by atoms with van der Waals surface area (Å²) in [7, 11) is 2.22. The third kappa shape index (κ3) is 4.81. The van der Waals surface area contributed by atoms with Gasteiger partial charge in [-0.15, -0.1) is 0 Å². The van der Waals surface area contributed by atoms with Gasteiger partial charge < -0.3 is 10.2 Å². The monoisotopic (exact) mass is 227 g/mol. The summed E-state index contributed by atoms with van der Waals surface area (Å²) in [6.07, 6.45) is 3.87. The zero-order chi connectivity index (χ0) is 11.8. The first kappa shape index (κ1) is 13.9. The van der Waals surface area contributed by atoms with Crippen LogP contribution in [0.15, 0.2) is 0 Å². The molecule has 1 aliphatic heterocycles. The van der Waals surface area contributed by atoms with Gasteiger partial charge in [0.2, 0.25) is 0 Å². The van der Waals surface area contributed by atoms with Crippen LogP contribution in [0.5, 0.6) is 0 Å². The largest absolute Gasteiger partial charge is 0.315 e. The number of nitrogens with one attached hydrogen (secondary N) is 1. The van der Waals surface area contributed by atoms with E-state index in [9.17, 15) is 0 Å². The highest BCUT2D eigenvalue weighted by Gasteiger charge is 2.21. The van der Waals surface area contributed by atoms with Crippen molar-refractivity contribution >= 4 is 0 Å². The minimum Gasteiger partial charge on any atom is -0.315 e. The Kier molecular flexibility index (Phi) is 7.01. The Balaban J connectivity index is 2.30. The van der Waals surface area contributed by atoms with Crippen molar-refractivity contribution in [1.29, 1.82) is 0 Å². The van der Waals surface area contributed by atoms with Gasteiger partial charge in [-0.1, -0.05) is 20.3 Å². The Labute approximate surface area is 101 Å². The summed E-state index contributed by atoms with van der Waals surface area (Å²) >= 11 is 0. The molecule has 1 N–H and O–H groups in total. The zero-order valence-corrected chi connectivity index (χ0v) is 11.3. The van der Waals surface area contributed by atoms with Crippen molar-refractivity contribution in [3.05, 3.63) is 0 Å². The van der Waals surface area contributed by atoms with Gasteiger partial charge >= 0.3 is 0 Å². The van der Waals surface area contributed by atoms with Crippen LogP contribution in [0.4, 0.5) is 0 Å². The highest BCUT2D eigenvalue weighted by atomic mass is 15.3. The maximum atomic E-state index is 3.57. The lowest BCUT2D eigenvalue weighted by Crippen LogP contribution is -2.51. The quantitative estimate of drug-likeness (QED) is 0.663. The fourth-order valence-electron chi connectivity index (χ4n) is 2.38. The van der Waals surface area contributed by atoms with E-state index in [0.717, 1.165) is 12.6 Å². The van der Waals surface area contributed by atoms with Crippen molar-refractivity contribution in [2.75, 3.05) is 46.3 Å². The normalized spacial score (nSPS) is 21.2. The Hall–Kier alpha value is -0.120. The molecule has 96 valence electrons. The van der Waals surface area contributed by atoms with Gasteiger partial charge in [-0.05, 0) is 26.4 Å².